The third kappa shape index (κ3) is 5.05. The highest BCUT2D eigenvalue weighted by Crippen LogP contribution is 2.34. The molecular formula is C20H22BrClN4OS2. The predicted molar refractivity (Wildman–Crippen MR) is 126 cm³/mol. The number of benzene rings is 1. The van der Waals surface area contributed by atoms with E-state index in [2.05, 4.69) is 69.1 Å². The second-order valence-corrected chi connectivity index (χ2v) is 10.1. The average Bonchev–Trinajstić information content (AvgIpc) is 3.25. The third-order valence-corrected chi connectivity index (χ3v) is 7.12. The Hall–Kier alpha value is -1.35. The van der Waals surface area contributed by atoms with E-state index in [1.807, 2.05) is 6.07 Å². The zero-order valence-electron chi connectivity index (χ0n) is 16.6. The van der Waals surface area contributed by atoms with Crippen LogP contribution in [0.15, 0.2) is 33.2 Å². The normalized spacial score (nSPS) is 11.3. The number of carbonyl (C=O) groups is 1. The summed E-state index contributed by atoms with van der Waals surface area (Å²) >= 11 is 12.7. The molecule has 2 aromatic heterocycles. The molecule has 154 valence electrons. The number of nitrogens with zero attached hydrogens (tertiary/aromatic N) is 3. The molecule has 29 heavy (non-hydrogen) atoms. The van der Waals surface area contributed by atoms with E-state index in [0.717, 1.165) is 27.4 Å². The molecule has 9 heteroatoms. The Morgan fingerprint density at radius 2 is 2.14 bits per heavy atom. The minimum absolute atomic E-state index is 0.139. The summed E-state index contributed by atoms with van der Waals surface area (Å²) in [6.45, 7) is 8.49. The van der Waals surface area contributed by atoms with Gasteiger partial charge in [0.2, 0.25) is 5.91 Å². The number of thioether (sulfide) groups is 1. The summed E-state index contributed by atoms with van der Waals surface area (Å²) in [5.74, 6) is 0.945. The van der Waals surface area contributed by atoms with Crippen LogP contribution in [0.1, 0.15) is 37.3 Å². The fourth-order valence-corrected chi connectivity index (χ4v) is 5.56. The van der Waals surface area contributed by atoms with Crippen LogP contribution in [0.3, 0.4) is 0 Å². The SMILES string of the molecule is CCc1c(-c2nnc(SCC(=O)Nc3ccc(Br)cc3Cl)n2C(C)C)csc1C. The van der Waals surface area contributed by atoms with Gasteiger partial charge in [-0.15, -0.1) is 21.5 Å². The van der Waals surface area contributed by atoms with Gasteiger partial charge in [-0.2, -0.15) is 0 Å². The first-order chi connectivity index (χ1) is 13.8. The number of halogens is 2. The Kier molecular flexibility index (Phi) is 7.42. The zero-order chi connectivity index (χ0) is 21.1. The molecule has 1 aromatic carbocycles. The smallest absolute Gasteiger partial charge is 0.234 e. The van der Waals surface area contributed by atoms with Crippen molar-refractivity contribution in [3.8, 4) is 11.4 Å². The van der Waals surface area contributed by atoms with E-state index in [4.69, 9.17) is 11.6 Å². The maximum absolute atomic E-state index is 12.4. The Bertz CT molecular complexity index is 1030. The summed E-state index contributed by atoms with van der Waals surface area (Å²) in [6.07, 6.45) is 0.953. The second-order valence-electron chi connectivity index (χ2n) is 6.77. The highest BCUT2D eigenvalue weighted by molar-refractivity contribution is 9.10. The lowest BCUT2D eigenvalue weighted by molar-refractivity contribution is -0.113. The maximum atomic E-state index is 12.4. The van der Waals surface area contributed by atoms with Gasteiger partial charge in [0.05, 0.1) is 16.5 Å². The molecule has 0 spiro atoms. The molecule has 0 bridgehead atoms. The lowest BCUT2D eigenvalue weighted by Crippen LogP contribution is -2.15. The Balaban J connectivity index is 1.77. The molecule has 0 fully saturated rings. The van der Waals surface area contributed by atoms with Crippen molar-refractivity contribution in [1.29, 1.82) is 0 Å². The Morgan fingerprint density at radius 3 is 2.79 bits per heavy atom. The van der Waals surface area contributed by atoms with Gasteiger partial charge < -0.3 is 5.32 Å². The van der Waals surface area contributed by atoms with Crippen LogP contribution in [-0.2, 0) is 11.2 Å². The van der Waals surface area contributed by atoms with Gasteiger partial charge in [-0.25, -0.2) is 0 Å². The summed E-state index contributed by atoms with van der Waals surface area (Å²) in [5, 5.41) is 15.1. The van der Waals surface area contributed by atoms with Crippen molar-refractivity contribution in [2.24, 2.45) is 0 Å². The van der Waals surface area contributed by atoms with Gasteiger partial charge in [-0.3, -0.25) is 9.36 Å². The fourth-order valence-electron chi connectivity index (χ4n) is 3.04. The number of hydrogen-bond acceptors (Lipinski definition) is 5. The zero-order valence-corrected chi connectivity index (χ0v) is 20.6. The molecule has 5 nitrogen and oxygen atoms in total. The molecule has 0 unspecified atom stereocenters. The van der Waals surface area contributed by atoms with E-state index in [0.29, 0.717) is 10.7 Å². The number of nitrogens with one attached hydrogen (secondary N) is 1. The molecule has 0 aliphatic carbocycles. The standard InChI is InChI=1S/C20H22BrClN4OS2/c1-5-14-12(4)28-9-15(14)19-24-25-20(26(19)11(2)3)29-10-18(27)23-17-7-6-13(21)8-16(17)22/h6-9,11H,5,10H2,1-4H3,(H,23,27). The van der Waals surface area contributed by atoms with Crippen LogP contribution < -0.4 is 5.32 Å². The number of anilines is 1. The van der Waals surface area contributed by atoms with Crippen molar-refractivity contribution in [1.82, 2.24) is 14.8 Å². The van der Waals surface area contributed by atoms with Gasteiger partial charge in [-0.1, -0.05) is 46.2 Å². The van der Waals surface area contributed by atoms with Crippen LogP contribution in [0.25, 0.3) is 11.4 Å². The van der Waals surface area contributed by atoms with Crippen LogP contribution in [-0.4, -0.2) is 26.4 Å². The summed E-state index contributed by atoms with van der Waals surface area (Å²) < 4.78 is 2.97. The minimum Gasteiger partial charge on any atom is -0.324 e. The molecule has 3 rings (SSSR count). The second kappa shape index (κ2) is 9.64. The molecule has 3 aromatic rings. The van der Waals surface area contributed by atoms with Crippen molar-refractivity contribution in [2.75, 3.05) is 11.1 Å². The molecule has 0 saturated heterocycles. The third-order valence-electron chi connectivity index (χ3n) is 4.42. The molecule has 0 atom stereocenters. The van der Waals surface area contributed by atoms with Gasteiger partial charge in [0.1, 0.15) is 0 Å². The number of rotatable bonds is 7. The topological polar surface area (TPSA) is 59.8 Å². The summed E-state index contributed by atoms with van der Waals surface area (Å²) in [4.78, 5) is 13.7. The van der Waals surface area contributed by atoms with E-state index >= 15 is 0 Å². The lowest BCUT2D eigenvalue weighted by Gasteiger charge is -2.14. The average molecular weight is 514 g/mol. The first kappa shape index (κ1) is 22.3. The molecular weight excluding hydrogens is 492 g/mol. The largest absolute Gasteiger partial charge is 0.324 e. The summed E-state index contributed by atoms with van der Waals surface area (Å²) in [6, 6.07) is 5.54. The molecule has 0 aliphatic rings. The first-order valence-electron chi connectivity index (χ1n) is 9.21. The van der Waals surface area contributed by atoms with Crippen LogP contribution in [0.5, 0.6) is 0 Å². The van der Waals surface area contributed by atoms with Crippen LogP contribution in [0.2, 0.25) is 5.02 Å². The number of carbonyl (C=O) groups excluding carboxylic acids is 1. The highest BCUT2D eigenvalue weighted by atomic mass is 79.9. The number of hydrogen-bond donors (Lipinski definition) is 1. The van der Waals surface area contributed by atoms with Crippen molar-refractivity contribution < 1.29 is 4.79 Å². The van der Waals surface area contributed by atoms with Gasteiger partial charge in [0, 0.05) is 26.3 Å². The summed E-state index contributed by atoms with van der Waals surface area (Å²) in [7, 11) is 0. The molecule has 1 N–H and O–H groups in total. The number of thiophene rings is 1. The molecule has 0 radical (unpaired) electrons. The van der Waals surface area contributed by atoms with Crippen molar-refractivity contribution in [3.05, 3.63) is 43.5 Å². The Labute approximate surface area is 192 Å². The highest BCUT2D eigenvalue weighted by Gasteiger charge is 2.21. The fraction of sp³-hybridized carbons (Fsp3) is 0.350. The van der Waals surface area contributed by atoms with E-state index < -0.39 is 0 Å². The van der Waals surface area contributed by atoms with E-state index in [9.17, 15) is 4.79 Å². The van der Waals surface area contributed by atoms with Crippen LogP contribution in [0, 0.1) is 6.92 Å². The molecule has 1 amide bonds. The first-order valence-corrected chi connectivity index (χ1v) is 12.2. The van der Waals surface area contributed by atoms with Crippen molar-refractivity contribution in [2.45, 2.75) is 45.3 Å². The van der Waals surface area contributed by atoms with Gasteiger partial charge in [-0.05, 0) is 51.0 Å². The van der Waals surface area contributed by atoms with Crippen molar-refractivity contribution >= 4 is 62.2 Å². The summed E-state index contributed by atoms with van der Waals surface area (Å²) in [5.41, 5.74) is 3.03. The number of aryl methyl sites for hydroxylation is 1. The van der Waals surface area contributed by atoms with Gasteiger partial charge in [0.15, 0.2) is 11.0 Å². The van der Waals surface area contributed by atoms with Crippen molar-refractivity contribution in [3.63, 3.8) is 0 Å². The number of amides is 1. The molecule has 2 heterocycles. The van der Waals surface area contributed by atoms with E-state index in [1.54, 1.807) is 23.5 Å². The number of aromatic nitrogens is 3. The monoisotopic (exact) mass is 512 g/mol. The minimum atomic E-state index is -0.139. The quantitative estimate of drug-likeness (QED) is 0.361. The van der Waals surface area contributed by atoms with E-state index in [-0.39, 0.29) is 17.7 Å². The van der Waals surface area contributed by atoms with Crippen LogP contribution in [0.4, 0.5) is 5.69 Å². The van der Waals surface area contributed by atoms with Gasteiger partial charge in [0.25, 0.3) is 0 Å². The molecule has 0 aliphatic heterocycles. The van der Waals surface area contributed by atoms with Crippen LogP contribution >= 0.6 is 50.6 Å². The predicted octanol–water partition coefficient (Wildman–Crippen LogP) is 6.61. The lowest BCUT2D eigenvalue weighted by atomic mass is 10.1. The Morgan fingerprint density at radius 1 is 1.38 bits per heavy atom. The van der Waals surface area contributed by atoms with Gasteiger partial charge >= 0.3 is 0 Å². The van der Waals surface area contributed by atoms with E-state index in [1.165, 1.54) is 22.2 Å². The maximum Gasteiger partial charge on any atom is 0.234 e. The molecule has 0 saturated carbocycles.